The van der Waals surface area contributed by atoms with E-state index in [-0.39, 0.29) is 29.0 Å². The van der Waals surface area contributed by atoms with Gasteiger partial charge in [0.1, 0.15) is 28.6 Å². The van der Waals surface area contributed by atoms with Crippen molar-refractivity contribution in [3.63, 3.8) is 0 Å². The molecule has 1 fully saturated rings. The maximum absolute atomic E-state index is 13.0. The highest BCUT2D eigenvalue weighted by Crippen LogP contribution is 2.29. The van der Waals surface area contributed by atoms with Crippen molar-refractivity contribution in [1.29, 1.82) is 0 Å². The molecule has 0 atom stereocenters. The molecule has 1 aromatic carbocycles. The minimum absolute atomic E-state index is 0.0130. The molecule has 0 aliphatic carbocycles. The predicted molar refractivity (Wildman–Crippen MR) is 162 cm³/mol. The second-order valence-electron chi connectivity index (χ2n) is 10.3. The molecule has 0 bridgehead atoms. The van der Waals surface area contributed by atoms with Gasteiger partial charge in [0, 0.05) is 29.5 Å². The molecule has 4 aromatic heterocycles. The fourth-order valence-electron chi connectivity index (χ4n) is 4.93. The Morgan fingerprint density at radius 3 is 2.49 bits per heavy atom. The van der Waals surface area contributed by atoms with Crippen LogP contribution in [0.5, 0.6) is 11.5 Å². The highest BCUT2D eigenvalue weighted by Gasteiger charge is 2.20. The van der Waals surface area contributed by atoms with Gasteiger partial charge in [0.25, 0.3) is 17.4 Å². The largest absolute Gasteiger partial charge is 0.455 e. The van der Waals surface area contributed by atoms with E-state index in [1.807, 2.05) is 18.2 Å². The summed E-state index contributed by atoms with van der Waals surface area (Å²) in [6, 6.07) is 18.9. The average Bonchev–Trinajstić information content (AvgIpc) is 3.03. The summed E-state index contributed by atoms with van der Waals surface area (Å²) in [7, 11) is 2.07. The Kier molecular flexibility index (Phi) is 7.88. The van der Waals surface area contributed by atoms with Gasteiger partial charge in [-0.3, -0.25) is 23.9 Å². The predicted octanol–water partition coefficient (Wildman–Crippen LogP) is 4.04. The molecule has 11 nitrogen and oxygen atoms in total. The van der Waals surface area contributed by atoms with E-state index in [4.69, 9.17) is 4.74 Å². The first-order valence-electron chi connectivity index (χ1n) is 13.9. The summed E-state index contributed by atoms with van der Waals surface area (Å²) in [5.74, 6) is 0.330. The first-order chi connectivity index (χ1) is 20.9. The quantitative estimate of drug-likeness (QED) is 0.297. The van der Waals surface area contributed by atoms with E-state index >= 15 is 0 Å². The molecule has 0 radical (unpaired) electrons. The number of pyridine rings is 4. The van der Waals surface area contributed by atoms with Gasteiger partial charge in [0.15, 0.2) is 0 Å². The lowest BCUT2D eigenvalue weighted by atomic mass is 10.1. The van der Waals surface area contributed by atoms with E-state index in [2.05, 4.69) is 37.5 Å². The van der Waals surface area contributed by atoms with Crippen LogP contribution in [0.25, 0.3) is 16.6 Å². The molecular formula is C32H29N7O4. The third-order valence-electron chi connectivity index (χ3n) is 7.31. The zero-order chi connectivity index (χ0) is 29.8. The number of benzene rings is 1. The minimum atomic E-state index is -0.574. The van der Waals surface area contributed by atoms with Crippen LogP contribution in [0.2, 0.25) is 0 Å². The number of amides is 2. The topological polar surface area (TPSA) is 131 Å². The Hall–Kier alpha value is -5.42. The number of piperidine rings is 1. The molecule has 1 aliphatic rings. The van der Waals surface area contributed by atoms with Gasteiger partial charge < -0.3 is 20.3 Å². The van der Waals surface area contributed by atoms with Gasteiger partial charge in [0.2, 0.25) is 0 Å². The van der Waals surface area contributed by atoms with Crippen molar-refractivity contribution in [1.82, 2.24) is 29.7 Å². The lowest BCUT2D eigenvalue weighted by molar-refractivity contribution is 0.0911. The van der Waals surface area contributed by atoms with E-state index in [1.54, 1.807) is 61.1 Å². The number of likely N-dealkylation sites (tertiary alicyclic amines) is 1. The van der Waals surface area contributed by atoms with Crippen molar-refractivity contribution in [3.05, 3.63) is 113 Å². The SMILES string of the molecule is CN1CCC(NC(=O)c2cc3c(Oc4ccc(NC(=O)c5cccn(-c6ccccc6)c5=O)nc4)ccnc3cn2)CC1. The number of hydrogen-bond donors (Lipinski definition) is 2. The fraction of sp³-hybridized carbons (Fsp3) is 0.188. The molecular weight excluding hydrogens is 546 g/mol. The van der Waals surface area contributed by atoms with Crippen LogP contribution in [0.3, 0.4) is 0 Å². The number of nitrogens with one attached hydrogen (secondary N) is 2. The molecule has 1 saturated heterocycles. The second kappa shape index (κ2) is 12.2. The lowest BCUT2D eigenvalue weighted by Crippen LogP contribution is -2.43. The summed E-state index contributed by atoms with van der Waals surface area (Å²) in [5.41, 5.74) is 1.07. The van der Waals surface area contributed by atoms with Crippen molar-refractivity contribution in [2.45, 2.75) is 18.9 Å². The molecule has 2 N–H and O–H groups in total. The molecule has 43 heavy (non-hydrogen) atoms. The Morgan fingerprint density at radius 2 is 1.72 bits per heavy atom. The second-order valence-corrected chi connectivity index (χ2v) is 10.3. The Bertz CT molecular complexity index is 1830. The van der Waals surface area contributed by atoms with Gasteiger partial charge in [-0.15, -0.1) is 0 Å². The Balaban J connectivity index is 1.15. The zero-order valence-electron chi connectivity index (χ0n) is 23.4. The molecule has 0 unspecified atom stereocenters. The first-order valence-corrected chi connectivity index (χ1v) is 13.9. The molecule has 216 valence electrons. The number of ether oxygens (including phenoxy) is 1. The molecule has 6 rings (SSSR count). The Labute approximate surface area is 247 Å². The molecule has 0 saturated carbocycles. The van der Waals surface area contributed by atoms with Crippen molar-refractivity contribution < 1.29 is 14.3 Å². The summed E-state index contributed by atoms with van der Waals surface area (Å²) in [5, 5.41) is 6.38. The molecule has 11 heteroatoms. The number of fused-ring (bicyclic) bond motifs is 1. The van der Waals surface area contributed by atoms with E-state index in [0.29, 0.717) is 28.1 Å². The van der Waals surface area contributed by atoms with E-state index in [9.17, 15) is 14.4 Å². The number of carbonyl (C=O) groups is 2. The van der Waals surface area contributed by atoms with Crippen molar-refractivity contribution in [3.8, 4) is 17.2 Å². The van der Waals surface area contributed by atoms with Crippen molar-refractivity contribution in [2.75, 3.05) is 25.5 Å². The molecule has 5 heterocycles. The van der Waals surface area contributed by atoms with Crippen LogP contribution in [0, 0.1) is 0 Å². The highest BCUT2D eigenvalue weighted by atomic mass is 16.5. The number of aromatic nitrogens is 4. The van der Waals surface area contributed by atoms with E-state index in [0.717, 1.165) is 25.9 Å². The van der Waals surface area contributed by atoms with Crippen LogP contribution in [-0.2, 0) is 0 Å². The maximum Gasteiger partial charge on any atom is 0.270 e. The van der Waals surface area contributed by atoms with Crippen LogP contribution < -0.4 is 20.9 Å². The van der Waals surface area contributed by atoms with Gasteiger partial charge in [-0.25, -0.2) is 9.97 Å². The number of rotatable bonds is 7. The average molecular weight is 576 g/mol. The normalized spacial score (nSPS) is 13.9. The van der Waals surface area contributed by atoms with Crippen LogP contribution in [0.15, 0.2) is 96.3 Å². The zero-order valence-corrected chi connectivity index (χ0v) is 23.4. The van der Waals surface area contributed by atoms with E-state index in [1.165, 1.54) is 16.8 Å². The van der Waals surface area contributed by atoms with Gasteiger partial charge in [-0.2, -0.15) is 0 Å². The van der Waals surface area contributed by atoms with Crippen LogP contribution >= 0.6 is 0 Å². The fourth-order valence-corrected chi connectivity index (χ4v) is 4.93. The van der Waals surface area contributed by atoms with Crippen molar-refractivity contribution >= 4 is 28.5 Å². The number of anilines is 1. The number of nitrogens with zero attached hydrogens (tertiary/aromatic N) is 5. The summed E-state index contributed by atoms with van der Waals surface area (Å²) in [6.07, 6.45) is 8.02. The maximum atomic E-state index is 13.0. The number of hydrogen-bond acceptors (Lipinski definition) is 8. The smallest absolute Gasteiger partial charge is 0.270 e. The van der Waals surface area contributed by atoms with E-state index < -0.39 is 11.5 Å². The molecule has 5 aromatic rings. The van der Waals surface area contributed by atoms with Gasteiger partial charge in [-0.1, -0.05) is 18.2 Å². The van der Waals surface area contributed by atoms with Gasteiger partial charge in [-0.05, 0) is 81.5 Å². The van der Waals surface area contributed by atoms with Gasteiger partial charge >= 0.3 is 0 Å². The molecule has 0 spiro atoms. The molecule has 1 aliphatic heterocycles. The minimum Gasteiger partial charge on any atom is -0.455 e. The first kappa shape index (κ1) is 27.7. The van der Waals surface area contributed by atoms with Crippen molar-refractivity contribution in [2.24, 2.45) is 0 Å². The van der Waals surface area contributed by atoms with Gasteiger partial charge in [0.05, 0.1) is 17.9 Å². The summed E-state index contributed by atoms with van der Waals surface area (Å²) in [4.78, 5) is 54.0. The summed E-state index contributed by atoms with van der Waals surface area (Å²) >= 11 is 0. The molecule has 2 amide bonds. The van der Waals surface area contributed by atoms with Crippen LogP contribution in [0.4, 0.5) is 5.82 Å². The summed E-state index contributed by atoms with van der Waals surface area (Å²) < 4.78 is 7.50. The summed E-state index contributed by atoms with van der Waals surface area (Å²) in [6.45, 7) is 1.88. The Morgan fingerprint density at radius 1 is 0.907 bits per heavy atom. The third kappa shape index (κ3) is 6.26. The monoisotopic (exact) mass is 575 g/mol. The third-order valence-corrected chi connectivity index (χ3v) is 7.31. The lowest BCUT2D eigenvalue weighted by Gasteiger charge is -2.29. The van der Waals surface area contributed by atoms with Crippen LogP contribution in [-0.4, -0.2) is 62.4 Å². The van der Waals surface area contributed by atoms with Crippen LogP contribution in [0.1, 0.15) is 33.7 Å². The standard InChI is InChI=1S/C32H29N7O4/c1-38-16-12-21(13-17-38)36-31(41)26-18-25-27(20-34-26)33-14-11-28(25)43-23-9-10-29(35-19-23)37-30(40)24-8-5-15-39(32(24)42)22-6-3-2-4-7-22/h2-11,14-15,18-21H,12-13,16-17H2,1H3,(H,36,41)(H,35,37,40). The number of carbonyl (C=O) groups excluding carboxylic acids is 2. The highest BCUT2D eigenvalue weighted by molar-refractivity contribution is 6.03. The number of para-hydroxylation sites is 1.